The van der Waals surface area contributed by atoms with Crippen LogP contribution in [0, 0.1) is 0 Å². The number of fused-ring (bicyclic) bond motifs is 12. The molecular weight excluding hydrogens is 841 g/mol. The highest BCUT2D eigenvalue weighted by Crippen LogP contribution is 2.63. The second kappa shape index (κ2) is 16.4. The van der Waals surface area contributed by atoms with Crippen LogP contribution in [0.1, 0.15) is 38.9 Å². The average Bonchev–Trinajstić information content (AvgIpc) is 3.95. The highest BCUT2D eigenvalue weighted by molar-refractivity contribution is 6.14. The third kappa shape index (κ3) is 6.46. The molecule has 2 N–H and O–H groups in total. The molecule has 0 atom stereocenters. The van der Waals surface area contributed by atoms with Crippen molar-refractivity contribution in [2.75, 3.05) is 4.90 Å². The summed E-state index contributed by atoms with van der Waals surface area (Å²) in [5.41, 5.74) is 26.3. The predicted octanol–water partition coefficient (Wildman–Crippen LogP) is 15.4. The molecule has 2 aliphatic rings. The van der Waals surface area contributed by atoms with E-state index in [1.54, 1.807) is 0 Å². The number of anilines is 3. The zero-order valence-corrected chi connectivity index (χ0v) is 37.6. The van der Waals surface area contributed by atoms with E-state index in [-0.39, 0.29) is 0 Å². The number of hydrogen-bond donors (Lipinski definition) is 1. The fourth-order valence-electron chi connectivity index (χ4n) is 11.1. The van der Waals surface area contributed by atoms with Crippen LogP contribution in [-0.4, -0.2) is 11.7 Å². The summed E-state index contributed by atoms with van der Waals surface area (Å²) in [6, 6.07) is 86.0. The van der Waals surface area contributed by atoms with E-state index in [2.05, 4.69) is 181 Å². The lowest BCUT2D eigenvalue weighted by atomic mass is 9.64. The second-order valence-electron chi connectivity index (χ2n) is 17.8. The van der Waals surface area contributed by atoms with Crippen LogP contribution in [0.25, 0.3) is 55.3 Å². The summed E-state index contributed by atoms with van der Waals surface area (Å²) < 4.78 is 6.27. The first kappa shape index (κ1) is 40.2. The highest BCUT2D eigenvalue weighted by atomic mass is 16.3. The van der Waals surface area contributed by atoms with E-state index in [1.807, 2.05) is 66.7 Å². The second-order valence-corrected chi connectivity index (χ2v) is 17.8. The maximum Gasteiger partial charge on any atom is 0.157 e. The molecule has 0 bridgehead atoms. The van der Waals surface area contributed by atoms with Gasteiger partial charge in [0.2, 0.25) is 0 Å². The average molecular weight is 885 g/mol. The number of nitrogens with two attached hydrogens (primary N) is 1. The number of benzene rings is 10. The molecule has 5 nitrogen and oxygen atoms in total. The maximum absolute atomic E-state index is 7.06. The largest absolute Gasteiger partial charge is 0.456 e. The van der Waals surface area contributed by atoms with Gasteiger partial charge in [-0.05, 0) is 104 Å². The number of furan rings is 1. The molecular formula is C64H44N4O. The molecule has 10 aromatic carbocycles. The molecule has 326 valence electrons. The lowest BCUT2D eigenvalue weighted by Gasteiger charge is -2.45. The van der Waals surface area contributed by atoms with Gasteiger partial charge in [-0.15, -0.1) is 0 Å². The van der Waals surface area contributed by atoms with Crippen molar-refractivity contribution in [3.8, 4) is 33.4 Å². The van der Waals surface area contributed by atoms with Crippen LogP contribution in [0.5, 0.6) is 0 Å². The Labute approximate surface area is 400 Å². The first-order valence-corrected chi connectivity index (χ1v) is 23.5. The van der Waals surface area contributed by atoms with Crippen molar-refractivity contribution in [2.45, 2.75) is 12.0 Å². The monoisotopic (exact) mass is 884 g/mol. The molecule has 1 aromatic heterocycles. The zero-order valence-electron chi connectivity index (χ0n) is 37.6. The van der Waals surface area contributed by atoms with Gasteiger partial charge in [0.05, 0.1) is 23.3 Å². The molecule has 5 heteroatoms. The SMILES string of the molecule is NC(=NC(=NCc1cccc2oc3ccccc3c12)c1cccc(-c2cccc(N3c4ccccc4C4(c5ccccc5-c5ccccc54)c4ccccc43)c2)c1)c1ccccc1-c1ccccc1. The molecule has 0 saturated carbocycles. The Hall–Kier alpha value is -9.06. The number of aliphatic imine (C=N–C) groups is 2. The fourth-order valence-corrected chi connectivity index (χ4v) is 11.1. The van der Waals surface area contributed by atoms with Gasteiger partial charge in [0.15, 0.2) is 5.84 Å². The summed E-state index contributed by atoms with van der Waals surface area (Å²) in [5.74, 6) is 0.930. The maximum atomic E-state index is 7.06. The van der Waals surface area contributed by atoms with Gasteiger partial charge in [-0.3, -0.25) is 4.99 Å². The Morgan fingerprint density at radius 3 is 1.75 bits per heavy atom. The molecule has 1 aliphatic heterocycles. The highest BCUT2D eigenvalue weighted by Gasteiger charge is 2.51. The zero-order chi connectivity index (χ0) is 45.9. The van der Waals surface area contributed by atoms with Crippen LogP contribution in [0.4, 0.5) is 17.1 Å². The molecule has 2 heterocycles. The number of hydrogen-bond acceptors (Lipinski definition) is 3. The molecule has 0 unspecified atom stereocenters. The number of amidine groups is 2. The van der Waals surface area contributed by atoms with Gasteiger partial charge in [0.25, 0.3) is 0 Å². The third-order valence-electron chi connectivity index (χ3n) is 14.0. The summed E-state index contributed by atoms with van der Waals surface area (Å²) in [5, 5.41) is 2.12. The van der Waals surface area contributed by atoms with Gasteiger partial charge in [-0.2, -0.15) is 0 Å². The number of nitrogens with zero attached hydrogens (tertiary/aromatic N) is 3. The van der Waals surface area contributed by atoms with E-state index in [4.69, 9.17) is 20.1 Å². The Morgan fingerprint density at radius 1 is 0.464 bits per heavy atom. The van der Waals surface area contributed by atoms with E-state index in [0.29, 0.717) is 18.2 Å². The molecule has 1 aliphatic carbocycles. The van der Waals surface area contributed by atoms with Crippen molar-refractivity contribution in [3.05, 3.63) is 282 Å². The van der Waals surface area contributed by atoms with Crippen LogP contribution < -0.4 is 10.6 Å². The minimum Gasteiger partial charge on any atom is -0.456 e. The fraction of sp³-hybridized carbons (Fsp3) is 0.0312. The smallest absolute Gasteiger partial charge is 0.157 e. The van der Waals surface area contributed by atoms with Crippen LogP contribution in [-0.2, 0) is 12.0 Å². The van der Waals surface area contributed by atoms with E-state index >= 15 is 0 Å². The first-order valence-electron chi connectivity index (χ1n) is 23.5. The minimum absolute atomic E-state index is 0.372. The van der Waals surface area contributed by atoms with Crippen molar-refractivity contribution in [1.82, 2.24) is 0 Å². The lowest BCUT2D eigenvalue weighted by Crippen LogP contribution is -2.36. The van der Waals surface area contributed by atoms with Gasteiger partial charge in [-0.25, -0.2) is 4.99 Å². The van der Waals surface area contributed by atoms with E-state index in [1.165, 1.54) is 33.4 Å². The predicted molar refractivity (Wildman–Crippen MR) is 284 cm³/mol. The summed E-state index contributed by atoms with van der Waals surface area (Å²) in [7, 11) is 0. The topological polar surface area (TPSA) is 67.1 Å². The Balaban J connectivity index is 0.933. The Kier molecular flexibility index (Phi) is 9.55. The molecule has 0 amide bonds. The third-order valence-corrected chi connectivity index (χ3v) is 14.0. The molecule has 1 spiro atoms. The van der Waals surface area contributed by atoms with E-state index in [9.17, 15) is 0 Å². The summed E-state index contributed by atoms with van der Waals surface area (Å²) in [6.07, 6.45) is 0. The van der Waals surface area contributed by atoms with Crippen molar-refractivity contribution in [3.63, 3.8) is 0 Å². The van der Waals surface area contributed by atoms with Crippen LogP contribution in [0.2, 0.25) is 0 Å². The van der Waals surface area contributed by atoms with Gasteiger partial charge >= 0.3 is 0 Å². The standard InChI is InChI=1S/C64H44N4O/c65-62(51-29-5-4-26-48(51)42-19-2-1-3-20-42)67-63(66-41-46-24-18-38-60-61(46)52-30-8-15-37-59(52)69-60)45-23-16-21-43(39-45)44-22-17-25-47(40-44)68-57-35-13-11-33-55(57)64(56-34-12-14-36-58(56)68)53-31-9-6-27-49(53)50-28-7-10-32-54(50)64/h1-40H,41H2,(H2,65,66,67). The molecule has 11 aromatic rings. The van der Waals surface area contributed by atoms with Crippen LogP contribution in [0.3, 0.4) is 0 Å². The van der Waals surface area contributed by atoms with Crippen LogP contribution >= 0.6 is 0 Å². The molecule has 13 rings (SSSR count). The first-order chi connectivity index (χ1) is 34.1. The van der Waals surface area contributed by atoms with Gasteiger partial charge in [-0.1, -0.05) is 200 Å². The van der Waals surface area contributed by atoms with Gasteiger partial charge in [0, 0.05) is 27.6 Å². The normalized spacial score (nSPS) is 13.6. The number of rotatable bonds is 7. The minimum atomic E-state index is -0.473. The van der Waals surface area contributed by atoms with Crippen molar-refractivity contribution >= 4 is 50.7 Å². The summed E-state index contributed by atoms with van der Waals surface area (Å²) >= 11 is 0. The van der Waals surface area contributed by atoms with Crippen molar-refractivity contribution < 1.29 is 4.42 Å². The summed E-state index contributed by atoms with van der Waals surface area (Å²) in [4.78, 5) is 13.0. The molecule has 69 heavy (non-hydrogen) atoms. The Bertz CT molecular complexity index is 3770. The summed E-state index contributed by atoms with van der Waals surface area (Å²) in [6.45, 7) is 0.372. The van der Waals surface area contributed by atoms with E-state index in [0.717, 1.165) is 77.9 Å². The lowest BCUT2D eigenvalue weighted by molar-refractivity contribution is 0.668. The molecule has 0 saturated heterocycles. The van der Waals surface area contributed by atoms with Crippen LogP contribution in [0.15, 0.2) is 257 Å². The number of para-hydroxylation sites is 3. The molecule has 0 fully saturated rings. The quantitative estimate of drug-likeness (QED) is 0.128. The Morgan fingerprint density at radius 2 is 1.01 bits per heavy atom. The molecule has 0 radical (unpaired) electrons. The van der Waals surface area contributed by atoms with Gasteiger partial charge < -0.3 is 15.1 Å². The van der Waals surface area contributed by atoms with E-state index < -0.39 is 5.41 Å². The van der Waals surface area contributed by atoms with Crippen molar-refractivity contribution in [1.29, 1.82) is 0 Å². The van der Waals surface area contributed by atoms with Crippen molar-refractivity contribution in [2.24, 2.45) is 15.7 Å². The van der Waals surface area contributed by atoms with Gasteiger partial charge in [0.1, 0.15) is 17.0 Å².